The Kier molecular flexibility index (Phi) is 3.71. The molecule has 3 aromatic rings. The highest BCUT2D eigenvalue weighted by atomic mass is 16.2. The van der Waals surface area contributed by atoms with E-state index in [0.717, 1.165) is 35.6 Å². The Labute approximate surface area is 151 Å². The number of nitrogens with zero attached hydrogens (tertiary/aromatic N) is 5. The summed E-state index contributed by atoms with van der Waals surface area (Å²) in [6.45, 7) is 9.98. The third kappa shape index (κ3) is 2.15. The topological polar surface area (TPSA) is 66.2 Å². The zero-order valence-corrected chi connectivity index (χ0v) is 15.9. The first-order valence-electron chi connectivity index (χ1n) is 9.16. The molecule has 0 atom stereocenters. The Balaban J connectivity index is 2.15. The molecule has 7 nitrogen and oxygen atoms in total. The van der Waals surface area contributed by atoms with Gasteiger partial charge in [-0.15, -0.1) is 0 Å². The van der Waals surface area contributed by atoms with Crippen LogP contribution in [0.1, 0.15) is 50.0 Å². The Bertz CT molecular complexity index is 1170. The van der Waals surface area contributed by atoms with Gasteiger partial charge in [0.05, 0.1) is 6.54 Å². The van der Waals surface area contributed by atoms with Crippen LogP contribution in [0.3, 0.4) is 0 Å². The van der Waals surface area contributed by atoms with Crippen LogP contribution in [-0.4, -0.2) is 23.1 Å². The van der Waals surface area contributed by atoms with E-state index in [0.29, 0.717) is 17.2 Å². The molecule has 1 aliphatic rings. The number of rotatable bonds is 3. The van der Waals surface area contributed by atoms with Gasteiger partial charge in [0.25, 0.3) is 5.56 Å². The summed E-state index contributed by atoms with van der Waals surface area (Å²) in [4.78, 5) is 30.5. The van der Waals surface area contributed by atoms with Gasteiger partial charge in [0.15, 0.2) is 11.2 Å². The number of hydrogen-bond acceptors (Lipinski definition) is 3. The average Bonchev–Trinajstić information content (AvgIpc) is 3.28. The van der Waals surface area contributed by atoms with Crippen LogP contribution in [0.4, 0.5) is 0 Å². The van der Waals surface area contributed by atoms with Crippen LogP contribution in [-0.2, 0) is 13.6 Å². The molecule has 0 aliphatic heterocycles. The molecule has 1 aliphatic carbocycles. The average molecular weight is 355 g/mol. The predicted octanol–water partition coefficient (Wildman–Crippen LogP) is 2.46. The summed E-state index contributed by atoms with van der Waals surface area (Å²) in [5, 5.41) is 0. The van der Waals surface area contributed by atoms with Gasteiger partial charge in [0.1, 0.15) is 0 Å². The standard InChI is InChI=1S/C19H25N5O2/c1-11(2)10-22-17(25)15-16(21(5)19(22)26)20-18-23(14-8-6-7-9-14)12(3)13(4)24(15)18/h14H,1,6-10H2,2-5H3. The zero-order valence-electron chi connectivity index (χ0n) is 15.9. The number of allylic oxidation sites excluding steroid dienone is 1. The molecule has 1 fully saturated rings. The van der Waals surface area contributed by atoms with Gasteiger partial charge >= 0.3 is 5.69 Å². The van der Waals surface area contributed by atoms with Gasteiger partial charge < -0.3 is 4.57 Å². The van der Waals surface area contributed by atoms with Crippen LogP contribution < -0.4 is 11.2 Å². The molecule has 7 heteroatoms. The van der Waals surface area contributed by atoms with Gasteiger partial charge in [0, 0.05) is 24.5 Å². The van der Waals surface area contributed by atoms with Crippen molar-refractivity contribution in [1.29, 1.82) is 0 Å². The second-order valence-electron chi connectivity index (χ2n) is 7.59. The Morgan fingerprint density at radius 3 is 2.46 bits per heavy atom. The van der Waals surface area contributed by atoms with Gasteiger partial charge in [-0.05, 0) is 33.6 Å². The van der Waals surface area contributed by atoms with Crippen LogP contribution in [0.25, 0.3) is 16.9 Å². The molecule has 0 amide bonds. The molecule has 0 bridgehead atoms. The van der Waals surface area contributed by atoms with E-state index >= 15 is 0 Å². The molecule has 0 aromatic carbocycles. The summed E-state index contributed by atoms with van der Waals surface area (Å²) in [6, 6.07) is 0.415. The van der Waals surface area contributed by atoms with E-state index in [9.17, 15) is 9.59 Å². The monoisotopic (exact) mass is 355 g/mol. The van der Waals surface area contributed by atoms with Crippen molar-refractivity contribution >= 4 is 16.9 Å². The molecule has 0 unspecified atom stereocenters. The summed E-state index contributed by atoms with van der Waals surface area (Å²) >= 11 is 0. The summed E-state index contributed by atoms with van der Waals surface area (Å²) in [6.07, 6.45) is 4.70. The van der Waals surface area contributed by atoms with E-state index in [4.69, 9.17) is 4.98 Å². The highest BCUT2D eigenvalue weighted by Gasteiger charge is 2.27. The maximum Gasteiger partial charge on any atom is 0.332 e. The van der Waals surface area contributed by atoms with Crippen LogP contribution >= 0.6 is 0 Å². The first kappa shape index (κ1) is 16.9. The van der Waals surface area contributed by atoms with Gasteiger partial charge in [-0.2, -0.15) is 4.98 Å². The van der Waals surface area contributed by atoms with E-state index in [1.165, 1.54) is 22.0 Å². The van der Waals surface area contributed by atoms with Gasteiger partial charge in [0.2, 0.25) is 5.78 Å². The minimum atomic E-state index is -0.354. The van der Waals surface area contributed by atoms with Crippen molar-refractivity contribution in [1.82, 2.24) is 23.1 Å². The van der Waals surface area contributed by atoms with Crippen molar-refractivity contribution in [3.8, 4) is 0 Å². The molecule has 4 rings (SSSR count). The van der Waals surface area contributed by atoms with Gasteiger partial charge in [-0.25, -0.2) is 4.79 Å². The number of imidazole rings is 2. The first-order chi connectivity index (χ1) is 12.3. The lowest BCUT2D eigenvalue weighted by Gasteiger charge is -2.13. The number of aromatic nitrogens is 5. The van der Waals surface area contributed by atoms with Crippen molar-refractivity contribution in [2.45, 2.75) is 59.0 Å². The normalized spacial score (nSPS) is 15.5. The summed E-state index contributed by atoms with van der Waals surface area (Å²) in [5.41, 5.74) is 3.18. The van der Waals surface area contributed by atoms with E-state index < -0.39 is 0 Å². The van der Waals surface area contributed by atoms with E-state index in [1.807, 2.05) is 18.2 Å². The van der Waals surface area contributed by atoms with E-state index in [-0.39, 0.29) is 17.8 Å². The predicted molar refractivity (Wildman–Crippen MR) is 102 cm³/mol. The minimum absolute atomic E-state index is 0.218. The van der Waals surface area contributed by atoms with E-state index in [2.05, 4.69) is 18.1 Å². The fourth-order valence-corrected chi connectivity index (χ4v) is 4.28. The second kappa shape index (κ2) is 5.72. The Morgan fingerprint density at radius 2 is 1.85 bits per heavy atom. The fourth-order valence-electron chi connectivity index (χ4n) is 4.28. The zero-order chi connectivity index (χ0) is 18.7. The highest BCUT2D eigenvalue weighted by molar-refractivity contribution is 5.76. The lowest BCUT2D eigenvalue weighted by molar-refractivity contribution is 0.520. The lowest BCUT2D eigenvalue weighted by Crippen LogP contribution is -2.39. The third-order valence-corrected chi connectivity index (χ3v) is 5.68. The van der Waals surface area contributed by atoms with Crippen molar-refractivity contribution in [3.63, 3.8) is 0 Å². The SMILES string of the molecule is C=C(C)Cn1c(=O)c2c(nc3n(C4CCCC4)c(C)c(C)n23)n(C)c1=O. The molecule has 1 saturated carbocycles. The van der Waals surface area contributed by atoms with Crippen molar-refractivity contribution in [2.75, 3.05) is 0 Å². The molecule has 3 aromatic heterocycles. The Hall–Kier alpha value is -2.57. The summed E-state index contributed by atoms with van der Waals surface area (Å²) in [7, 11) is 1.67. The van der Waals surface area contributed by atoms with Gasteiger partial charge in [-0.1, -0.05) is 25.0 Å². The molecule has 0 N–H and O–H groups in total. The van der Waals surface area contributed by atoms with Crippen molar-refractivity contribution in [2.24, 2.45) is 7.05 Å². The van der Waals surface area contributed by atoms with Crippen molar-refractivity contribution in [3.05, 3.63) is 44.4 Å². The molecule has 26 heavy (non-hydrogen) atoms. The van der Waals surface area contributed by atoms with Crippen LogP contribution in [0, 0.1) is 13.8 Å². The molecule has 138 valence electrons. The minimum Gasteiger partial charge on any atom is -0.311 e. The molecular formula is C19H25N5O2. The van der Waals surface area contributed by atoms with Crippen LogP contribution in [0.5, 0.6) is 0 Å². The second-order valence-corrected chi connectivity index (χ2v) is 7.59. The van der Waals surface area contributed by atoms with E-state index in [1.54, 1.807) is 7.05 Å². The maximum absolute atomic E-state index is 13.1. The summed E-state index contributed by atoms with van der Waals surface area (Å²) < 4.78 is 6.91. The molecule has 0 radical (unpaired) electrons. The molecule has 0 spiro atoms. The largest absolute Gasteiger partial charge is 0.332 e. The third-order valence-electron chi connectivity index (χ3n) is 5.68. The van der Waals surface area contributed by atoms with Crippen LogP contribution in [0.15, 0.2) is 21.7 Å². The quantitative estimate of drug-likeness (QED) is 0.678. The molecule has 3 heterocycles. The number of hydrogen-bond donors (Lipinski definition) is 0. The smallest absolute Gasteiger partial charge is 0.311 e. The first-order valence-corrected chi connectivity index (χ1v) is 9.16. The lowest BCUT2D eigenvalue weighted by atomic mass is 10.2. The Morgan fingerprint density at radius 1 is 1.19 bits per heavy atom. The molecule has 0 saturated heterocycles. The highest BCUT2D eigenvalue weighted by Crippen LogP contribution is 2.34. The van der Waals surface area contributed by atoms with Crippen LogP contribution in [0.2, 0.25) is 0 Å². The number of fused-ring (bicyclic) bond motifs is 3. The fraction of sp³-hybridized carbons (Fsp3) is 0.526. The van der Waals surface area contributed by atoms with Crippen molar-refractivity contribution < 1.29 is 0 Å². The maximum atomic E-state index is 13.1. The number of aryl methyl sites for hydroxylation is 2. The summed E-state index contributed by atoms with van der Waals surface area (Å²) in [5.74, 6) is 0.766. The molecular weight excluding hydrogens is 330 g/mol. The van der Waals surface area contributed by atoms with Gasteiger partial charge in [-0.3, -0.25) is 18.3 Å².